The van der Waals surface area contributed by atoms with E-state index in [4.69, 9.17) is 4.74 Å². The van der Waals surface area contributed by atoms with Crippen LogP contribution < -0.4 is 14.4 Å². The van der Waals surface area contributed by atoms with Gasteiger partial charge in [0.2, 0.25) is 5.91 Å². The average molecular weight is 498 g/mol. The SMILES string of the molecule is COc1ccc(SCCC(=O)N2CCN(c3nc4ccc(OC(F)(F)F)cc4s3)CC2)cc1. The van der Waals surface area contributed by atoms with Gasteiger partial charge in [0.15, 0.2) is 5.13 Å². The summed E-state index contributed by atoms with van der Waals surface area (Å²) in [6.45, 7) is 2.43. The van der Waals surface area contributed by atoms with E-state index in [-0.39, 0.29) is 11.7 Å². The number of amides is 1. The van der Waals surface area contributed by atoms with Crippen molar-refractivity contribution >= 4 is 44.4 Å². The maximum atomic E-state index is 12.6. The molecule has 1 saturated heterocycles. The molecular formula is C22H22F3N3O3S2. The molecule has 2 heterocycles. The molecule has 6 nitrogen and oxygen atoms in total. The quantitative estimate of drug-likeness (QED) is 0.427. The van der Waals surface area contributed by atoms with Gasteiger partial charge in [-0.25, -0.2) is 4.98 Å². The van der Waals surface area contributed by atoms with Crippen molar-refractivity contribution in [3.8, 4) is 11.5 Å². The predicted octanol–water partition coefficient (Wildman–Crippen LogP) is 5.03. The Balaban J connectivity index is 1.27. The van der Waals surface area contributed by atoms with Crippen LogP contribution in [0.3, 0.4) is 0 Å². The lowest BCUT2D eigenvalue weighted by atomic mass is 10.3. The number of carbonyl (C=O) groups excluding carboxylic acids is 1. The van der Waals surface area contributed by atoms with Gasteiger partial charge in [-0.3, -0.25) is 4.79 Å². The fraction of sp³-hybridized carbons (Fsp3) is 0.364. The molecule has 0 atom stereocenters. The first-order valence-corrected chi connectivity index (χ1v) is 12.1. The van der Waals surface area contributed by atoms with Crippen LogP contribution in [0.15, 0.2) is 47.4 Å². The molecule has 0 radical (unpaired) electrons. The van der Waals surface area contributed by atoms with Crippen molar-refractivity contribution in [1.29, 1.82) is 0 Å². The molecule has 2 aromatic carbocycles. The fourth-order valence-electron chi connectivity index (χ4n) is 3.46. The van der Waals surface area contributed by atoms with E-state index in [1.54, 1.807) is 18.9 Å². The van der Waals surface area contributed by atoms with Gasteiger partial charge in [0, 0.05) is 49.3 Å². The lowest BCUT2D eigenvalue weighted by Crippen LogP contribution is -2.48. The number of ether oxygens (including phenoxy) is 2. The summed E-state index contributed by atoms with van der Waals surface area (Å²) >= 11 is 2.95. The van der Waals surface area contributed by atoms with Crippen LogP contribution in [0.5, 0.6) is 11.5 Å². The maximum Gasteiger partial charge on any atom is 0.573 e. The number of thiazole rings is 1. The van der Waals surface area contributed by atoms with Crippen LogP contribution in [-0.4, -0.2) is 61.2 Å². The Kier molecular flexibility index (Phi) is 7.18. The summed E-state index contributed by atoms with van der Waals surface area (Å²) in [6, 6.07) is 11.9. The van der Waals surface area contributed by atoms with Gasteiger partial charge in [0.25, 0.3) is 0 Å². The van der Waals surface area contributed by atoms with Crippen molar-refractivity contribution < 1.29 is 27.4 Å². The highest BCUT2D eigenvalue weighted by Crippen LogP contribution is 2.33. The van der Waals surface area contributed by atoms with Crippen LogP contribution in [0.25, 0.3) is 10.2 Å². The second-order valence-electron chi connectivity index (χ2n) is 7.32. The van der Waals surface area contributed by atoms with E-state index in [1.165, 1.54) is 29.5 Å². The van der Waals surface area contributed by atoms with Crippen LogP contribution in [-0.2, 0) is 4.79 Å². The number of alkyl halides is 3. The summed E-state index contributed by atoms with van der Waals surface area (Å²) < 4.78 is 47.1. The minimum Gasteiger partial charge on any atom is -0.497 e. The van der Waals surface area contributed by atoms with Gasteiger partial charge in [0.05, 0.1) is 17.3 Å². The van der Waals surface area contributed by atoms with Gasteiger partial charge < -0.3 is 19.3 Å². The number of aromatic nitrogens is 1. The number of hydrogen-bond acceptors (Lipinski definition) is 7. The topological polar surface area (TPSA) is 54.9 Å². The van der Waals surface area contributed by atoms with E-state index >= 15 is 0 Å². The van der Waals surface area contributed by atoms with Crippen LogP contribution in [0, 0.1) is 0 Å². The first kappa shape index (κ1) is 23.5. The smallest absolute Gasteiger partial charge is 0.497 e. The highest BCUT2D eigenvalue weighted by Gasteiger charge is 2.31. The van der Waals surface area contributed by atoms with Crippen LogP contribution in [0.1, 0.15) is 6.42 Å². The molecule has 1 aromatic heterocycles. The van der Waals surface area contributed by atoms with Crippen molar-refractivity contribution in [2.75, 3.05) is 43.9 Å². The molecule has 0 unspecified atom stereocenters. The van der Waals surface area contributed by atoms with Gasteiger partial charge in [-0.1, -0.05) is 11.3 Å². The molecule has 0 N–H and O–H groups in total. The summed E-state index contributed by atoms with van der Waals surface area (Å²) in [4.78, 5) is 22.1. The van der Waals surface area contributed by atoms with E-state index in [2.05, 4.69) is 14.6 Å². The van der Waals surface area contributed by atoms with Crippen molar-refractivity contribution in [1.82, 2.24) is 9.88 Å². The second-order valence-corrected chi connectivity index (χ2v) is 9.49. The zero-order valence-electron chi connectivity index (χ0n) is 17.8. The van der Waals surface area contributed by atoms with Gasteiger partial charge in [0.1, 0.15) is 11.5 Å². The Hall–Kier alpha value is -2.66. The van der Waals surface area contributed by atoms with E-state index < -0.39 is 6.36 Å². The molecule has 4 rings (SSSR count). The van der Waals surface area contributed by atoms with Crippen molar-refractivity contribution in [2.24, 2.45) is 0 Å². The maximum absolute atomic E-state index is 12.6. The van der Waals surface area contributed by atoms with Crippen LogP contribution in [0.2, 0.25) is 0 Å². The third-order valence-electron chi connectivity index (χ3n) is 5.13. The molecule has 176 valence electrons. The second kappa shape index (κ2) is 10.1. The minimum absolute atomic E-state index is 0.119. The zero-order valence-corrected chi connectivity index (χ0v) is 19.4. The van der Waals surface area contributed by atoms with Crippen molar-refractivity contribution in [2.45, 2.75) is 17.7 Å². The normalized spacial score (nSPS) is 14.5. The number of rotatable bonds is 7. The number of methoxy groups -OCH3 is 1. The standard InChI is InChI=1S/C22H22F3N3O3S2/c1-30-15-2-5-17(6-3-15)32-13-8-20(29)27-9-11-28(12-10-27)21-26-18-7-4-16(14-19(18)33-21)31-22(23,24)25/h2-7,14H,8-13H2,1H3. The summed E-state index contributed by atoms with van der Waals surface area (Å²) in [6.07, 6.45) is -4.27. The van der Waals surface area contributed by atoms with Crippen molar-refractivity contribution in [3.05, 3.63) is 42.5 Å². The van der Waals surface area contributed by atoms with E-state index in [9.17, 15) is 18.0 Å². The number of piperazine rings is 1. The summed E-state index contributed by atoms with van der Waals surface area (Å²) in [7, 11) is 1.63. The molecule has 3 aromatic rings. The summed E-state index contributed by atoms with van der Waals surface area (Å²) in [5.41, 5.74) is 0.624. The van der Waals surface area contributed by atoms with Gasteiger partial charge >= 0.3 is 6.36 Å². The van der Waals surface area contributed by atoms with E-state index in [0.717, 1.165) is 15.8 Å². The Labute approximate surface area is 197 Å². The lowest BCUT2D eigenvalue weighted by Gasteiger charge is -2.34. The lowest BCUT2D eigenvalue weighted by molar-refractivity contribution is -0.274. The molecule has 0 aliphatic carbocycles. The molecule has 1 aliphatic heterocycles. The fourth-order valence-corrected chi connectivity index (χ4v) is 5.35. The number of benzene rings is 2. The van der Waals surface area contributed by atoms with Gasteiger partial charge in [-0.2, -0.15) is 0 Å². The number of nitrogens with zero attached hydrogens (tertiary/aromatic N) is 3. The molecular weight excluding hydrogens is 475 g/mol. The Morgan fingerprint density at radius 3 is 2.45 bits per heavy atom. The molecule has 1 aliphatic rings. The van der Waals surface area contributed by atoms with Crippen LogP contribution in [0.4, 0.5) is 18.3 Å². The highest BCUT2D eigenvalue weighted by molar-refractivity contribution is 7.99. The van der Waals surface area contributed by atoms with Gasteiger partial charge in [-0.05, 0) is 36.4 Å². The first-order chi connectivity index (χ1) is 15.8. The molecule has 1 fully saturated rings. The molecule has 0 bridgehead atoms. The molecule has 33 heavy (non-hydrogen) atoms. The Morgan fingerprint density at radius 2 is 1.79 bits per heavy atom. The summed E-state index contributed by atoms with van der Waals surface area (Å²) in [5, 5.41) is 0.733. The number of fused-ring (bicyclic) bond motifs is 1. The van der Waals surface area contributed by atoms with Crippen LogP contribution >= 0.6 is 23.1 Å². The third-order valence-corrected chi connectivity index (χ3v) is 7.22. The highest BCUT2D eigenvalue weighted by atomic mass is 32.2. The number of hydrogen-bond donors (Lipinski definition) is 0. The van der Waals surface area contributed by atoms with Crippen molar-refractivity contribution in [3.63, 3.8) is 0 Å². The molecule has 11 heteroatoms. The average Bonchev–Trinajstić information content (AvgIpc) is 3.22. The zero-order chi connectivity index (χ0) is 23.4. The third kappa shape index (κ3) is 6.23. The summed E-state index contributed by atoms with van der Waals surface area (Å²) in [5.74, 6) is 1.37. The van der Waals surface area contributed by atoms with Gasteiger partial charge in [-0.15, -0.1) is 24.9 Å². The molecule has 0 saturated carbocycles. The number of halogens is 3. The Bertz CT molecular complexity index is 1100. The minimum atomic E-state index is -4.72. The number of anilines is 1. The number of thioether (sulfide) groups is 1. The predicted molar refractivity (Wildman–Crippen MR) is 123 cm³/mol. The van der Waals surface area contributed by atoms with E-state index in [0.29, 0.717) is 48.6 Å². The number of carbonyl (C=O) groups is 1. The first-order valence-electron chi connectivity index (χ1n) is 10.3. The molecule has 1 amide bonds. The van der Waals surface area contributed by atoms with E-state index in [1.807, 2.05) is 29.2 Å². The largest absolute Gasteiger partial charge is 0.573 e. The molecule has 0 spiro atoms. The Morgan fingerprint density at radius 1 is 1.09 bits per heavy atom. The monoisotopic (exact) mass is 497 g/mol.